The molecule has 1 aliphatic carbocycles. The molecule has 0 unspecified atom stereocenters. The van der Waals surface area contributed by atoms with Gasteiger partial charge in [0.1, 0.15) is 5.76 Å². The van der Waals surface area contributed by atoms with Crippen molar-refractivity contribution < 1.29 is 19.7 Å². The van der Waals surface area contributed by atoms with E-state index in [2.05, 4.69) is 6.58 Å². The van der Waals surface area contributed by atoms with Crippen molar-refractivity contribution in [3.63, 3.8) is 0 Å². The van der Waals surface area contributed by atoms with Gasteiger partial charge >= 0.3 is 6.09 Å². The predicted molar refractivity (Wildman–Crippen MR) is 66.1 cm³/mol. The Morgan fingerprint density at radius 3 is 2.67 bits per heavy atom. The Hall–Kier alpha value is -1.23. The van der Waals surface area contributed by atoms with E-state index >= 15 is 0 Å². The monoisotopic (exact) mass is 255 g/mol. The molecule has 2 N–H and O–H groups in total. The van der Waals surface area contributed by atoms with Gasteiger partial charge in [-0.1, -0.05) is 6.58 Å². The molecular formula is C13H21NO4. The maximum absolute atomic E-state index is 11.7. The summed E-state index contributed by atoms with van der Waals surface area (Å²) in [6, 6.07) is -0.385. The number of hydrogen-bond acceptors (Lipinski definition) is 4. The van der Waals surface area contributed by atoms with Gasteiger partial charge < -0.3 is 14.9 Å². The summed E-state index contributed by atoms with van der Waals surface area (Å²) in [4.78, 5) is 13.3. The van der Waals surface area contributed by atoms with E-state index in [9.17, 15) is 15.0 Å². The molecule has 0 bridgehead atoms. The number of piperidine rings is 1. The van der Waals surface area contributed by atoms with E-state index < -0.39 is 6.09 Å². The minimum atomic E-state index is -0.417. The molecule has 18 heavy (non-hydrogen) atoms. The largest absolute Gasteiger partial charge is 0.511 e. The second-order valence-electron chi connectivity index (χ2n) is 5.35. The number of nitrogens with zero attached hydrogens (tertiary/aromatic N) is 1. The molecule has 1 aliphatic heterocycles. The van der Waals surface area contributed by atoms with Gasteiger partial charge in [0.15, 0.2) is 0 Å². The molecule has 2 aliphatic rings. The Bertz CT molecular complexity index is 344. The van der Waals surface area contributed by atoms with Crippen LogP contribution in [0, 0.1) is 11.8 Å². The van der Waals surface area contributed by atoms with Crippen LogP contribution >= 0.6 is 0 Å². The summed E-state index contributed by atoms with van der Waals surface area (Å²) < 4.78 is 4.76. The summed E-state index contributed by atoms with van der Waals surface area (Å²) >= 11 is 0. The average Bonchev–Trinajstić information content (AvgIpc) is 2.36. The van der Waals surface area contributed by atoms with Crippen molar-refractivity contribution in [2.75, 3.05) is 13.7 Å². The lowest BCUT2D eigenvalue weighted by Gasteiger charge is -2.45. The molecule has 1 saturated carbocycles. The molecule has 1 saturated heterocycles. The first-order valence-electron chi connectivity index (χ1n) is 6.43. The number of hydrogen-bond donors (Lipinski definition) is 2. The number of carbonyl (C=O) groups excluding carboxylic acids is 1. The fourth-order valence-corrected chi connectivity index (χ4v) is 3.26. The van der Waals surface area contributed by atoms with Crippen molar-refractivity contribution in [1.82, 2.24) is 4.90 Å². The molecule has 2 fully saturated rings. The van der Waals surface area contributed by atoms with Crippen LogP contribution in [-0.4, -0.2) is 47.0 Å². The molecule has 1 amide bonds. The zero-order chi connectivity index (χ0) is 13.3. The van der Waals surface area contributed by atoms with Gasteiger partial charge in [-0.05, 0) is 37.5 Å². The summed E-state index contributed by atoms with van der Waals surface area (Å²) in [6.07, 6.45) is 2.46. The first-order valence-corrected chi connectivity index (χ1v) is 6.43. The van der Waals surface area contributed by atoms with Crippen LogP contribution in [0.3, 0.4) is 0 Å². The highest BCUT2D eigenvalue weighted by Crippen LogP contribution is 2.39. The van der Waals surface area contributed by atoms with E-state index in [1.54, 1.807) is 4.90 Å². The molecule has 0 aromatic rings. The third kappa shape index (κ3) is 2.46. The van der Waals surface area contributed by atoms with Crippen LogP contribution in [0.2, 0.25) is 0 Å². The Labute approximate surface area is 107 Å². The third-order valence-electron chi connectivity index (χ3n) is 4.24. The molecule has 2 rings (SSSR count). The van der Waals surface area contributed by atoms with Gasteiger partial charge in [0.25, 0.3) is 0 Å². The molecule has 5 heteroatoms. The lowest BCUT2D eigenvalue weighted by molar-refractivity contribution is -0.00341. The molecule has 102 valence electrons. The maximum Gasteiger partial charge on any atom is 0.410 e. The number of carbonyl (C=O) groups is 1. The number of fused-ring (bicyclic) bond motifs is 1. The first kappa shape index (κ1) is 13.2. The number of rotatable bonds is 1. The van der Waals surface area contributed by atoms with Crippen molar-refractivity contribution in [3.8, 4) is 0 Å². The SMILES string of the molecule is C=C(O)[C@@H]1C[C@H]2C[C@@H](O)CC[C@H]2CN1C(=O)OC. The summed E-state index contributed by atoms with van der Waals surface area (Å²) in [7, 11) is 1.34. The minimum absolute atomic E-state index is 0.00101. The lowest BCUT2D eigenvalue weighted by Crippen LogP contribution is -2.52. The molecule has 1 heterocycles. The van der Waals surface area contributed by atoms with Crippen molar-refractivity contribution in [1.29, 1.82) is 0 Å². The van der Waals surface area contributed by atoms with E-state index in [1.807, 2.05) is 0 Å². The van der Waals surface area contributed by atoms with E-state index in [1.165, 1.54) is 7.11 Å². The van der Waals surface area contributed by atoms with Gasteiger partial charge in [-0.2, -0.15) is 0 Å². The van der Waals surface area contributed by atoms with Gasteiger partial charge in [0.05, 0.1) is 19.3 Å². The van der Waals surface area contributed by atoms with Crippen LogP contribution in [0.4, 0.5) is 4.79 Å². The molecule has 0 aromatic heterocycles. The highest BCUT2D eigenvalue weighted by molar-refractivity contribution is 5.68. The Kier molecular flexibility index (Phi) is 3.80. The second-order valence-corrected chi connectivity index (χ2v) is 5.35. The smallest absolute Gasteiger partial charge is 0.410 e. The quantitative estimate of drug-likeness (QED) is 0.699. The van der Waals surface area contributed by atoms with Crippen molar-refractivity contribution >= 4 is 6.09 Å². The first-order chi connectivity index (χ1) is 8.52. The molecule has 0 aromatic carbocycles. The summed E-state index contributed by atoms with van der Waals surface area (Å²) in [5.41, 5.74) is 0. The maximum atomic E-state index is 11.7. The minimum Gasteiger partial charge on any atom is -0.511 e. The van der Waals surface area contributed by atoms with E-state index in [0.717, 1.165) is 19.3 Å². The molecular weight excluding hydrogens is 234 g/mol. The van der Waals surface area contributed by atoms with Gasteiger partial charge in [-0.3, -0.25) is 4.90 Å². The van der Waals surface area contributed by atoms with Gasteiger partial charge in [0, 0.05) is 6.54 Å². The van der Waals surface area contributed by atoms with Crippen molar-refractivity contribution in [3.05, 3.63) is 12.3 Å². The van der Waals surface area contributed by atoms with Crippen LogP contribution in [0.1, 0.15) is 25.7 Å². The van der Waals surface area contributed by atoms with Crippen LogP contribution < -0.4 is 0 Å². The van der Waals surface area contributed by atoms with Gasteiger partial charge in [-0.25, -0.2) is 4.79 Å². The average molecular weight is 255 g/mol. The molecule has 0 spiro atoms. The zero-order valence-corrected chi connectivity index (χ0v) is 10.7. The highest BCUT2D eigenvalue weighted by Gasteiger charge is 2.42. The normalized spacial score (nSPS) is 35.8. The lowest BCUT2D eigenvalue weighted by atomic mass is 9.72. The summed E-state index contributed by atoms with van der Waals surface area (Å²) in [6.45, 7) is 4.12. The van der Waals surface area contributed by atoms with E-state index in [-0.39, 0.29) is 17.9 Å². The number of ether oxygens (including phenoxy) is 1. The highest BCUT2D eigenvalue weighted by atomic mass is 16.5. The fourth-order valence-electron chi connectivity index (χ4n) is 3.26. The van der Waals surface area contributed by atoms with Crippen molar-refractivity contribution in [2.45, 2.75) is 37.8 Å². The topological polar surface area (TPSA) is 70.0 Å². The molecule has 0 radical (unpaired) electrons. The van der Waals surface area contributed by atoms with Gasteiger partial charge in [-0.15, -0.1) is 0 Å². The molecule has 4 atom stereocenters. The third-order valence-corrected chi connectivity index (χ3v) is 4.24. The number of likely N-dealkylation sites (tertiary alicyclic amines) is 1. The number of aliphatic hydroxyl groups is 2. The number of amides is 1. The Morgan fingerprint density at radius 2 is 2.06 bits per heavy atom. The molecule has 5 nitrogen and oxygen atoms in total. The van der Waals surface area contributed by atoms with Crippen LogP contribution in [0.5, 0.6) is 0 Å². The Morgan fingerprint density at radius 1 is 1.33 bits per heavy atom. The number of aliphatic hydroxyl groups excluding tert-OH is 2. The summed E-state index contributed by atoms with van der Waals surface area (Å²) in [5.74, 6) is 0.741. The van der Waals surface area contributed by atoms with Gasteiger partial charge in [0.2, 0.25) is 0 Å². The van der Waals surface area contributed by atoms with Crippen molar-refractivity contribution in [2.24, 2.45) is 11.8 Å². The van der Waals surface area contributed by atoms with E-state index in [0.29, 0.717) is 24.8 Å². The predicted octanol–water partition coefficient (Wildman–Crippen LogP) is 1.68. The Balaban J connectivity index is 2.13. The van der Waals surface area contributed by atoms with Crippen LogP contribution in [-0.2, 0) is 4.74 Å². The zero-order valence-electron chi connectivity index (χ0n) is 10.7. The number of methoxy groups -OCH3 is 1. The second kappa shape index (κ2) is 5.18. The summed E-state index contributed by atoms with van der Waals surface area (Å²) in [5, 5.41) is 19.3. The van der Waals surface area contributed by atoms with E-state index in [4.69, 9.17) is 4.74 Å². The van der Waals surface area contributed by atoms with Crippen LogP contribution in [0.15, 0.2) is 12.3 Å². The van der Waals surface area contributed by atoms with Crippen LogP contribution in [0.25, 0.3) is 0 Å². The fraction of sp³-hybridized carbons (Fsp3) is 0.769. The standard InChI is InChI=1S/C13H21NO4/c1-8(15)12-6-10-5-11(16)4-3-9(10)7-14(12)13(17)18-2/h9-12,15-16H,1,3-7H2,2H3/t9-,10+,11-,12-/m0/s1.